The van der Waals surface area contributed by atoms with Crippen LogP contribution in [0.4, 0.5) is 0 Å². The number of ether oxygens (including phenoxy) is 3. The second-order valence-electron chi connectivity index (χ2n) is 30.6. The summed E-state index contributed by atoms with van der Waals surface area (Å²) in [6.45, 7) is 0. The number of hydrogen-bond donors (Lipinski definition) is 0. The molecule has 3 aromatic heterocycles. The summed E-state index contributed by atoms with van der Waals surface area (Å²) >= 11 is 0. The van der Waals surface area contributed by atoms with Gasteiger partial charge in [-0.25, -0.2) is 29.9 Å². The van der Waals surface area contributed by atoms with Gasteiger partial charge in [-0.3, -0.25) is 0 Å². The number of rotatable bonds is 12. The van der Waals surface area contributed by atoms with Gasteiger partial charge in [-0.1, -0.05) is 376 Å². The minimum atomic E-state index is 0.707. The van der Waals surface area contributed by atoms with Crippen LogP contribution in [0.2, 0.25) is 0 Å². The largest absolute Gasteiger partial charge is 0.456 e. The van der Waals surface area contributed by atoms with E-state index in [0.717, 1.165) is 185 Å². The lowest BCUT2D eigenvalue weighted by Crippen LogP contribution is -1.99. The van der Waals surface area contributed by atoms with Crippen LogP contribution in [0, 0.1) is 0 Å². The van der Waals surface area contributed by atoms with Crippen LogP contribution in [0.3, 0.4) is 0 Å². The Bertz CT molecular complexity index is 7570. The molecule has 123 heavy (non-hydrogen) atoms. The number of aromatic nitrogens is 6. The van der Waals surface area contributed by atoms with Crippen molar-refractivity contribution in [2.24, 2.45) is 0 Å². The Hall–Kier alpha value is -16.6. The summed E-state index contributed by atoms with van der Waals surface area (Å²) < 4.78 is 19.0. The molecule has 0 unspecified atom stereocenters. The number of nitrogens with zero attached hydrogens (tertiary/aromatic N) is 6. The predicted molar refractivity (Wildman–Crippen MR) is 500 cm³/mol. The number of hydrogen-bond acceptors (Lipinski definition) is 9. The average Bonchev–Trinajstić information content (AvgIpc) is 0.743. The molecular formula is C114H72N6O3. The van der Waals surface area contributed by atoms with Crippen LogP contribution in [0.25, 0.3) is 201 Å². The molecule has 18 aromatic carbocycles. The highest BCUT2D eigenvalue weighted by Gasteiger charge is 2.27. The van der Waals surface area contributed by atoms with E-state index < -0.39 is 0 Å². The summed E-state index contributed by atoms with van der Waals surface area (Å²) in [5, 5.41) is 6.95. The number of fused-ring (bicyclic) bond motifs is 6. The molecule has 576 valence electrons. The van der Waals surface area contributed by atoms with Gasteiger partial charge in [-0.2, -0.15) is 0 Å². The van der Waals surface area contributed by atoms with Crippen LogP contribution in [0.15, 0.2) is 437 Å². The van der Waals surface area contributed by atoms with Crippen molar-refractivity contribution >= 4 is 32.3 Å². The maximum atomic E-state index is 6.36. The van der Waals surface area contributed by atoms with Gasteiger partial charge in [-0.15, -0.1) is 0 Å². The first kappa shape index (κ1) is 72.8. The lowest BCUT2D eigenvalue weighted by molar-refractivity contribution is 0.487. The molecule has 0 N–H and O–H groups in total. The van der Waals surface area contributed by atoms with Crippen LogP contribution in [-0.4, -0.2) is 29.9 Å². The maximum absolute atomic E-state index is 6.36. The Morgan fingerprint density at radius 1 is 0.154 bits per heavy atom. The minimum Gasteiger partial charge on any atom is -0.456 e. The van der Waals surface area contributed by atoms with Gasteiger partial charge in [-0.05, 0) is 126 Å². The first-order valence-corrected chi connectivity index (χ1v) is 41.3. The van der Waals surface area contributed by atoms with E-state index >= 15 is 0 Å². The predicted octanol–water partition coefficient (Wildman–Crippen LogP) is 30.2. The average molecular weight is 1570 g/mol. The summed E-state index contributed by atoms with van der Waals surface area (Å²) in [6.07, 6.45) is 3.91. The van der Waals surface area contributed by atoms with E-state index in [2.05, 4.69) is 267 Å². The lowest BCUT2D eigenvalue weighted by Gasteiger charge is -2.23. The standard InChI is InChI=1S/3C38H24N2O/c1-3-11-25(12-4-1)37-33(24-39-38(40-37)26-13-5-2-6-14-26)28-16-9-15-27(23-28)29-21-22-35-36-31(29)18-10-19-32(36)30-17-7-8-20-34(30)41-35;1-3-12-25(13-4-1)33-24-34(40-38(39-33)26-14-5-2-6-15-26)29-17-8-7-16-27(29)28-22-23-36-37-31(28)19-11-20-32(37)30-18-9-10-21-35(30)41-36;1-3-10-27(11-4-1)37-33(24-39-38(40-37)28-12-5-2-6-13-28)26-20-18-25(19-21-26)29-22-23-35-36-31(29)15-9-16-32(36)30-14-7-8-17-34(30)41-35/h3*1-24H. The highest BCUT2D eigenvalue weighted by atomic mass is 16.5. The molecular weight excluding hydrogens is 1500 g/mol. The van der Waals surface area contributed by atoms with Crippen LogP contribution >= 0.6 is 0 Å². The van der Waals surface area contributed by atoms with Gasteiger partial charge < -0.3 is 14.2 Å². The molecule has 0 fully saturated rings. The quantitative estimate of drug-likeness (QED) is 0.118. The Balaban J connectivity index is 0.000000110. The maximum Gasteiger partial charge on any atom is 0.160 e. The molecule has 3 aliphatic rings. The summed E-state index contributed by atoms with van der Waals surface area (Å²) in [7, 11) is 0. The SMILES string of the molecule is c1ccc(-c2cc(-c3ccccc3-c3ccc4c5c(cccc35)-c3ccccc3O4)nc(-c3ccccc3)n2)cc1.c1ccc(-c2ncc(-c3ccc(-c4ccc5c6c(cccc46)-c4ccccc4O5)cc3)c(-c3ccccc3)n2)cc1.c1ccc(-c2ncc(-c3cccc(-c4ccc5c6c(cccc46)-c4ccccc4O5)c3)c(-c3ccccc3)n2)cc1. The molecule has 0 spiro atoms. The third-order valence-corrected chi connectivity index (χ3v) is 23.2. The third kappa shape index (κ3) is 13.7. The van der Waals surface area contributed by atoms with Crippen LogP contribution in [-0.2, 0) is 0 Å². The fourth-order valence-electron chi connectivity index (χ4n) is 17.4. The van der Waals surface area contributed by atoms with Gasteiger partial charge in [0.2, 0.25) is 0 Å². The van der Waals surface area contributed by atoms with Gasteiger partial charge >= 0.3 is 0 Å². The fraction of sp³-hybridized carbons (Fsp3) is 0. The van der Waals surface area contributed by atoms with E-state index in [9.17, 15) is 0 Å². The summed E-state index contributed by atoms with van der Waals surface area (Å²) in [4.78, 5) is 29.8. The molecule has 9 heteroatoms. The zero-order valence-corrected chi connectivity index (χ0v) is 66.5. The molecule has 0 radical (unpaired) electrons. The number of para-hydroxylation sites is 3. The Morgan fingerprint density at radius 2 is 0.463 bits per heavy atom. The molecule has 0 amide bonds. The van der Waals surface area contributed by atoms with E-state index in [1.807, 2.05) is 170 Å². The molecule has 9 nitrogen and oxygen atoms in total. The highest BCUT2D eigenvalue weighted by molar-refractivity contribution is 6.13. The Labute approximate surface area is 711 Å². The summed E-state index contributed by atoms with van der Waals surface area (Å²) in [6, 6.07) is 146. The zero-order chi connectivity index (χ0) is 81.5. The Kier molecular flexibility index (Phi) is 18.8. The van der Waals surface area contributed by atoms with Crippen molar-refractivity contribution in [1.82, 2.24) is 29.9 Å². The lowest BCUT2D eigenvalue weighted by atomic mass is 9.88. The second kappa shape index (κ2) is 31.7. The van der Waals surface area contributed by atoms with Crippen molar-refractivity contribution < 1.29 is 14.2 Å². The molecule has 0 saturated carbocycles. The van der Waals surface area contributed by atoms with E-state index in [1.54, 1.807) is 0 Å². The topological polar surface area (TPSA) is 105 Å². The minimum absolute atomic E-state index is 0.707. The smallest absolute Gasteiger partial charge is 0.160 e. The van der Waals surface area contributed by atoms with Gasteiger partial charge in [0.15, 0.2) is 17.5 Å². The van der Waals surface area contributed by atoms with Crippen molar-refractivity contribution in [1.29, 1.82) is 0 Å². The molecule has 0 bridgehead atoms. The molecule has 3 aliphatic heterocycles. The van der Waals surface area contributed by atoms with E-state index in [0.29, 0.717) is 11.6 Å². The van der Waals surface area contributed by atoms with Gasteiger partial charge in [0.05, 0.1) is 22.8 Å². The van der Waals surface area contributed by atoms with Crippen LogP contribution in [0.5, 0.6) is 34.5 Å². The fourth-order valence-corrected chi connectivity index (χ4v) is 17.4. The monoisotopic (exact) mass is 1570 g/mol. The first-order chi connectivity index (χ1) is 61.0. The van der Waals surface area contributed by atoms with Crippen LogP contribution < -0.4 is 14.2 Å². The van der Waals surface area contributed by atoms with Gasteiger partial charge in [0.1, 0.15) is 34.5 Å². The zero-order valence-electron chi connectivity index (χ0n) is 66.5. The Morgan fingerprint density at radius 3 is 0.911 bits per heavy atom. The molecule has 0 atom stereocenters. The second-order valence-corrected chi connectivity index (χ2v) is 30.6. The highest BCUT2D eigenvalue weighted by Crippen LogP contribution is 2.53. The van der Waals surface area contributed by atoms with Gasteiger partial charge in [0, 0.05) is 95.3 Å². The van der Waals surface area contributed by atoms with Crippen molar-refractivity contribution in [3.63, 3.8) is 0 Å². The van der Waals surface area contributed by atoms with E-state index in [1.165, 1.54) is 38.6 Å². The first-order valence-electron chi connectivity index (χ1n) is 41.3. The van der Waals surface area contributed by atoms with Crippen molar-refractivity contribution in [3.8, 4) is 203 Å². The summed E-state index contributed by atoms with van der Waals surface area (Å²) in [5.74, 6) is 7.51. The van der Waals surface area contributed by atoms with Crippen LogP contribution in [0.1, 0.15) is 0 Å². The molecule has 6 heterocycles. The van der Waals surface area contributed by atoms with Gasteiger partial charge in [0.25, 0.3) is 0 Å². The van der Waals surface area contributed by atoms with Crippen molar-refractivity contribution in [3.05, 3.63) is 437 Å². The van der Waals surface area contributed by atoms with E-state index in [-0.39, 0.29) is 0 Å². The number of benzene rings is 18. The van der Waals surface area contributed by atoms with Crippen molar-refractivity contribution in [2.75, 3.05) is 0 Å². The van der Waals surface area contributed by atoms with E-state index in [4.69, 9.17) is 44.1 Å². The van der Waals surface area contributed by atoms with Crippen molar-refractivity contribution in [2.45, 2.75) is 0 Å². The molecule has 0 aliphatic carbocycles. The molecule has 0 saturated heterocycles. The summed E-state index contributed by atoms with van der Waals surface area (Å²) in [5.41, 5.74) is 28.9. The molecule has 21 aromatic rings. The normalized spacial score (nSPS) is 11.6. The molecule has 24 rings (SSSR count). The third-order valence-electron chi connectivity index (χ3n) is 23.2.